The highest BCUT2D eigenvalue weighted by Gasteiger charge is 2.24. The Morgan fingerprint density at radius 2 is 2.16 bits per heavy atom. The van der Waals surface area contributed by atoms with Crippen molar-refractivity contribution in [2.45, 2.75) is 13.5 Å². The molecule has 8 heteroatoms. The van der Waals surface area contributed by atoms with Gasteiger partial charge in [0.15, 0.2) is 0 Å². The molecule has 1 aromatic rings. The lowest BCUT2D eigenvalue weighted by atomic mass is 10.3. The Labute approximate surface area is 110 Å². The van der Waals surface area contributed by atoms with Crippen molar-refractivity contribution in [3.05, 3.63) is 21.9 Å². The van der Waals surface area contributed by atoms with Gasteiger partial charge in [-0.15, -0.1) is 0 Å². The first kappa shape index (κ1) is 13.5. The summed E-state index contributed by atoms with van der Waals surface area (Å²) in [5, 5.41) is 14.4. The summed E-state index contributed by atoms with van der Waals surface area (Å²) < 4.78 is 1.39. The number of carbonyl (C=O) groups excluding carboxylic acids is 1. The fraction of sp³-hybridized carbons (Fsp3) is 0.636. The van der Waals surface area contributed by atoms with Crippen LogP contribution < -0.4 is 4.90 Å². The topological polar surface area (TPSA) is 85.7 Å². The number of nitrogens with one attached hydrogen (secondary N) is 1. The molecule has 0 aliphatic carbocycles. The summed E-state index contributed by atoms with van der Waals surface area (Å²) in [6.07, 6.45) is 0. The Morgan fingerprint density at radius 3 is 2.68 bits per heavy atom. The number of nitro groups is 1. The zero-order valence-corrected chi connectivity index (χ0v) is 11.1. The quantitative estimate of drug-likeness (QED) is 0.531. The molecule has 0 aromatic carbocycles. The van der Waals surface area contributed by atoms with Gasteiger partial charge >= 0.3 is 5.82 Å². The van der Waals surface area contributed by atoms with Crippen molar-refractivity contribution < 1.29 is 14.6 Å². The van der Waals surface area contributed by atoms with E-state index < -0.39 is 4.92 Å². The minimum absolute atomic E-state index is 0.0337. The van der Waals surface area contributed by atoms with Gasteiger partial charge in [0, 0.05) is 0 Å². The first-order chi connectivity index (χ1) is 8.97. The molecule has 0 saturated carbocycles. The van der Waals surface area contributed by atoms with E-state index in [1.807, 2.05) is 0 Å². The molecule has 2 heterocycles. The first-order valence-electron chi connectivity index (χ1n) is 6.25. The smallest absolute Gasteiger partial charge is 0.358 e. The lowest BCUT2D eigenvalue weighted by Crippen LogP contribution is -3.12. The van der Waals surface area contributed by atoms with E-state index in [2.05, 4.69) is 12.1 Å². The van der Waals surface area contributed by atoms with Crippen LogP contribution in [0.4, 0.5) is 5.82 Å². The number of hydrogen-bond acceptors (Lipinski definition) is 4. The monoisotopic (exact) mass is 268 g/mol. The third-order valence-corrected chi connectivity index (χ3v) is 3.41. The predicted octanol–water partition coefficient (Wildman–Crippen LogP) is -1.54. The van der Waals surface area contributed by atoms with Crippen molar-refractivity contribution in [3.63, 3.8) is 0 Å². The largest absolute Gasteiger partial charge is 0.390 e. The van der Waals surface area contributed by atoms with E-state index in [1.54, 1.807) is 11.8 Å². The van der Waals surface area contributed by atoms with Crippen LogP contribution in [-0.2, 0) is 11.3 Å². The molecule has 0 atom stereocenters. The maximum absolute atomic E-state index is 12.1. The second kappa shape index (κ2) is 5.35. The average molecular weight is 268 g/mol. The molecule has 2 rings (SSSR count). The molecule has 1 aliphatic rings. The van der Waals surface area contributed by atoms with Crippen LogP contribution in [0.1, 0.15) is 5.69 Å². The fourth-order valence-corrected chi connectivity index (χ4v) is 2.11. The van der Waals surface area contributed by atoms with Crippen molar-refractivity contribution in [2.75, 3.05) is 33.2 Å². The average Bonchev–Trinajstić information content (AvgIpc) is 2.72. The highest BCUT2D eigenvalue weighted by atomic mass is 16.6. The summed E-state index contributed by atoms with van der Waals surface area (Å²) >= 11 is 0. The number of hydrogen-bond donors (Lipinski definition) is 1. The van der Waals surface area contributed by atoms with Gasteiger partial charge in [0.2, 0.25) is 5.91 Å². The van der Waals surface area contributed by atoms with Crippen molar-refractivity contribution in [3.8, 4) is 0 Å². The van der Waals surface area contributed by atoms with Crippen LogP contribution in [0.5, 0.6) is 0 Å². The molecule has 1 amide bonds. The normalized spacial score (nSPS) is 16.6. The molecule has 0 radical (unpaired) electrons. The van der Waals surface area contributed by atoms with Crippen LogP contribution in [0, 0.1) is 17.0 Å². The molecular weight excluding hydrogens is 250 g/mol. The number of aromatic nitrogens is 2. The third-order valence-electron chi connectivity index (χ3n) is 3.41. The van der Waals surface area contributed by atoms with Crippen molar-refractivity contribution in [1.29, 1.82) is 0 Å². The summed E-state index contributed by atoms with van der Waals surface area (Å²) in [5.41, 5.74) is 0.625. The van der Waals surface area contributed by atoms with Gasteiger partial charge in [-0.1, -0.05) is 0 Å². The number of nitrogens with zero attached hydrogens (tertiary/aromatic N) is 4. The summed E-state index contributed by atoms with van der Waals surface area (Å²) in [4.78, 5) is 25.4. The van der Waals surface area contributed by atoms with E-state index in [9.17, 15) is 14.9 Å². The predicted molar refractivity (Wildman–Crippen MR) is 66.8 cm³/mol. The molecule has 1 aliphatic heterocycles. The van der Waals surface area contributed by atoms with Crippen LogP contribution in [0.15, 0.2) is 6.07 Å². The van der Waals surface area contributed by atoms with Crippen LogP contribution in [0.3, 0.4) is 0 Å². The van der Waals surface area contributed by atoms with Crippen molar-refractivity contribution >= 4 is 11.7 Å². The standard InChI is InChI=1S/C11H17N5O3/c1-9-7-10(16(18)19)12-15(9)8-11(17)14-5-3-13(2)4-6-14/h7H,3-6,8H2,1-2H3/p+1. The minimum atomic E-state index is -0.548. The van der Waals surface area contributed by atoms with Gasteiger partial charge in [0.25, 0.3) is 0 Å². The van der Waals surface area contributed by atoms with E-state index in [-0.39, 0.29) is 18.3 Å². The highest BCUT2D eigenvalue weighted by Crippen LogP contribution is 2.11. The second-order valence-corrected chi connectivity index (χ2v) is 4.90. The van der Waals surface area contributed by atoms with Crippen LogP contribution >= 0.6 is 0 Å². The van der Waals surface area contributed by atoms with Gasteiger partial charge in [-0.3, -0.25) is 4.79 Å². The van der Waals surface area contributed by atoms with Gasteiger partial charge in [0.1, 0.15) is 6.54 Å². The number of piperazine rings is 1. The molecule has 0 spiro atoms. The van der Waals surface area contributed by atoms with Crippen LogP contribution in [0.25, 0.3) is 0 Å². The molecule has 19 heavy (non-hydrogen) atoms. The van der Waals surface area contributed by atoms with E-state index >= 15 is 0 Å². The molecule has 0 unspecified atom stereocenters. The van der Waals surface area contributed by atoms with E-state index in [0.717, 1.165) is 26.2 Å². The van der Waals surface area contributed by atoms with Gasteiger partial charge < -0.3 is 19.9 Å². The summed E-state index contributed by atoms with van der Waals surface area (Å²) in [5.74, 6) is -0.248. The molecule has 0 bridgehead atoms. The van der Waals surface area contributed by atoms with Gasteiger partial charge in [-0.25, -0.2) is 0 Å². The van der Waals surface area contributed by atoms with E-state index in [4.69, 9.17) is 0 Å². The van der Waals surface area contributed by atoms with Crippen LogP contribution in [0.2, 0.25) is 0 Å². The Kier molecular flexibility index (Phi) is 3.79. The molecule has 8 nitrogen and oxygen atoms in total. The number of likely N-dealkylation sites (N-methyl/N-ethyl adjacent to an activating group) is 1. The van der Waals surface area contributed by atoms with Crippen LogP contribution in [-0.4, -0.2) is 58.7 Å². The number of amides is 1. The molecule has 1 aromatic heterocycles. The van der Waals surface area contributed by atoms with Crippen molar-refractivity contribution in [1.82, 2.24) is 14.7 Å². The lowest BCUT2D eigenvalue weighted by molar-refractivity contribution is -0.883. The Hall–Kier alpha value is -1.96. The molecule has 104 valence electrons. The number of carbonyl (C=O) groups is 1. The first-order valence-corrected chi connectivity index (χ1v) is 6.25. The maximum Gasteiger partial charge on any atom is 0.390 e. The minimum Gasteiger partial charge on any atom is -0.358 e. The number of aryl methyl sites for hydroxylation is 1. The van der Waals surface area contributed by atoms with Gasteiger partial charge in [0.05, 0.1) is 50.1 Å². The molecule has 1 fully saturated rings. The fourth-order valence-electron chi connectivity index (χ4n) is 2.11. The number of quaternary nitrogens is 1. The second-order valence-electron chi connectivity index (χ2n) is 4.90. The van der Waals surface area contributed by atoms with Gasteiger partial charge in [-0.05, 0) is 11.8 Å². The maximum atomic E-state index is 12.1. The summed E-state index contributed by atoms with van der Waals surface area (Å²) in [6.45, 7) is 5.11. The Morgan fingerprint density at radius 1 is 1.53 bits per heavy atom. The Balaban J connectivity index is 2.00. The highest BCUT2D eigenvalue weighted by molar-refractivity contribution is 5.76. The lowest BCUT2D eigenvalue weighted by Gasteiger charge is -2.29. The van der Waals surface area contributed by atoms with E-state index in [1.165, 1.54) is 15.6 Å². The zero-order chi connectivity index (χ0) is 14.0. The summed E-state index contributed by atoms with van der Waals surface area (Å²) in [7, 11) is 2.10. The zero-order valence-electron chi connectivity index (χ0n) is 11.1. The molecule has 1 saturated heterocycles. The molecule has 1 N–H and O–H groups in total. The van der Waals surface area contributed by atoms with Crippen molar-refractivity contribution in [2.24, 2.45) is 0 Å². The SMILES string of the molecule is Cc1cc([N+](=O)[O-])nn1CC(=O)N1CC[NH+](C)CC1. The van der Waals surface area contributed by atoms with Gasteiger partial charge in [-0.2, -0.15) is 4.68 Å². The Bertz CT molecular complexity index is 491. The summed E-state index contributed by atoms with van der Waals surface area (Å²) in [6, 6.07) is 1.38. The molecular formula is C11H18N5O3+. The third kappa shape index (κ3) is 3.08. The van der Waals surface area contributed by atoms with E-state index in [0.29, 0.717) is 5.69 Å². The number of rotatable bonds is 3.